The Morgan fingerprint density at radius 3 is 2.50 bits per heavy atom. The smallest absolute Gasteiger partial charge is 0.235 e. The van der Waals surface area contributed by atoms with Crippen LogP contribution in [-0.2, 0) is 15.6 Å². The van der Waals surface area contributed by atoms with Crippen LogP contribution in [0.15, 0.2) is 0 Å². The van der Waals surface area contributed by atoms with Crippen LogP contribution in [0.25, 0.3) is 0 Å². The number of hydrogen-bond acceptors (Lipinski definition) is 4. The summed E-state index contributed by atoms with van der Waals surface area (Å²) < 4.78 is 11.5. The Morgan fingerprint density at radius 2 is 1.94 bits per heavy atom. The van der Waals surface area contributed by atoms with Crippen molar-refractivity contribution in [2.24, 2.45) is 5.73 Å². The Morgan fingerprint density at radius 1 is 1.31 bits per heavy atom. The average Bonchev–Trinajstić information content (AvgIpc) is 2.27. The summed E-state index contributed by atoms with van der Waals surface area (Å²) in [6.45, 7) is 3.85. The Labute approximate surface area is 99.4 Å². The first-order valence-corrected chi connectivity index (χ1v) is 7.13. The minimum Gasteiger partial charge on any atom is -0.339 e. The van der Waals surface area contributed by atoms with E-state index in [9.17, 15) is 9.00 Å². The molecule has 2 N–H and O–H groups in total. The zero-order chi connectivity index (χ0) is 12.0. The van der Waals surface area contributed by atoms with Crippen LogP contribution in [0.5, 0.6) is 0 Å². The van der Waals surface area contributed by atoms with Crippen LogP contribution in [0.2, 0.25) is 0 Å². The quantitative estimate of drug-likeness (QED) is 0.667. The van der Waals surface area contributed by atoms with E-state index in [-0.39, 0.29) is 11.7 Å². The predicted molar refractivity (Wildman–Crippen MR) is 65.6 cm³/mol. The molecule has 1 rings (SSSR count). The summed E-state index contributed by atoms with van der Waals surface area (Å²) in [5, 5.41) is 0. The molecule has 0 spiro atoms. The molecule has 94 valence electrons. The topological polar surface area (TPSA) is 66.6 Å². The molecule has 1 saturated heterocycles. The summed E-state index contributed by atoms with van der Waals surface area (Å²) in [7, 11) is 0.998. The minimum atomic E-state index is -1.05. The maximum Gasteiger partial charge on any atom is 0.235 e. The van der Waals surface area contributed by atoms with E-state index < -0.39 is 10.8 Å². The molecule has 0 aromatic heterocycles. The highest BCUT2D eigenvalue weighted by Crippen LogP contribution is 2.01. The van der Waals surface area contributed by atoms with Gasteiger partial charge in [-0.2, -0.15) is 0 Å². The molecular weight excluding hydrogens is 226 g/mol. The second kappa shape index (κ2) is 6.98. The normalized spacial score (nSPS) is 19.8. The molecule has 0 bridgehead atoms. The lowest BCUT2D eigenvalue weighted by atomic mass is 10.3. The van der Waals surface area contributed by atoms with Crippen LogP contribution in [0.1, 0.15) is 6.42 Å². The number of amides is 1. The molecule has 0 radical (unpaired) electrons. The molecule has 1 atom stereocenters. The van der Waals surface area contributed by atoms with Gasteiger partial charge >= 0.3 is 0 Å². The fourth-order valence-corrected chi connectivity index (χ4v) is 2.69. The summed E-state index contributed by atoms with van der Waals surface area (Å²) in [4.78, 5) is 15.8. The molecule has 1 heterocycles. The number of hydrogen-bond donors (Lipinski definition) is 1. The van der Waals surface area contributed by atoms with E-state index in [0.717, 1.165) is 32.6 Å². The van der Waals surface area contributed by atoms with Gasteiger partial charge in [0, 0.05) is 42.7 Å². The van der Waals surface area contributed by atoms with Crippen molar-refractivity contribution in [1.82, 2.24) is 9.80 Å². The van der Waals surface area contributed by atoms with Crippen molar-refractivity contribution in [1.29, 1.82) is 0 Å². The van der Waals surface area contributed by atoms with Gasteiger partial charge in [0.15, 0.2) is 0 Å². The van der Waals surface area contributed by atoms with Crippen molar-refractivity contribution in [3.63, 3.8) is 0 Å². The highest BCUT2D eigenvalue weighted by molar-refractivity contribution is 7.85. The van der Waals surface area contributed by atoms with Gasteiger partial charge in [-0.1, -0.05) is 0 Å². The molecule has 1 amide bonds. The summed E-state index contributed by atoms with van der Waals surface area (Å²) in [5.41, 5.74) is 5.33. The van der Waals surface area contributed by atoms with Gasteiger partial charge in [0.2, 0.25) is 5.91 Å². The van der Waals surface area contributed by atoms with Crippen molar-refractivity contribution >= 4 is 16.7 Å². The molecular formula is C10H21N3O2S. The minimum absolute atomic E-state index is 0.0171. The summed E-state index contributed by atoms with van der Waals surface area (Å²) >= 11 is 0. The van der Waals surface area contributed by atoms with Crippen LogP contribution in [0.4, 0.5) is 0 Å². The summed E-state index contributed by atoms with van der Waals surface area (Å²) in [5.74, 6) is 0.711. The Bertz CT molecular complexity index is 252. The fraction of sp³-hybridized carbons (Fsp3) is 0.900. The molecule has 1 fully saturated rings. The lowest BCUT2D eigenvalue weighted by molar-refractivity contribution is -0.129. The standard InChI is InChI=1S/C10H21N3O2S/c1-12-4-6-13(7-5-12)10(14)9-16(15)8-2-3-11/h2-9,11H2,1H3. The van der Waals surface area contributed by atoms with Crippen LogP contribution in [0.3, 0.4) is 0 Å². The van der Waals surface area contributed by atoms with E-state index in [1.54, 1.807) is 4.90 Å². The SMILES string of the molecule is CN1CCN(C(=O)CS(=O)CCCN)CC1. The molecule has 0 aliphatic carbocycles. The van der Waals surface area contributed by atoms with E-state index in [2.05, 4.69) is 4.90 Å². The number of carbonyl (C=O) groups is 1. The third kappa shape index (κ3) is 4.59. The molecule has 5 nitrogen and oxygen atoms in total. The molecule has 1 unspecified atom stereocenters. The van der Waals surface area contributed by atoms with Gasteiger partial charge in [0.25, 0.3) is 0 Å². The number of nitrogens with two attached hydrogens (primary N) is 1. The van der Waals surface area contributed by atoms with Crippen molar-refractivity contribution in [3.8, 4) is 0 Å². The van der Waals surface area contributed by atoms with Gasteiger partial charge in [-0.25, -0.2) is 0 Å². The average molecular weight is 247 g/mol. The third-order valence-electron chi connectivity index (χ3n) is 2.72. The first-order chi connectivity index (χ1) is 7.63. The van der Waals surface area contributed by atoms with Crippen LogP contribution < -0.4 is 5.73 Å². The molecule has 16 heavy (non-hydrogen) atoms. The van der Waals surface area contributed by atoms with Crippen LogP contribution >= 0.6 is 0 Å². The van der Waals surface area contributed by atoms with Crippen molar-refractivity contribution in [2.75, 3.05) is 51.3 Å². The van der Waals surface area contributed by atoms with Gasteiger partial charge in [-0.15, -0.1) is 0 Å². The van der Waals surface area contributed by atoms with Crippen molar-refractivity contribution in [3.05, 3.63) is 0 Å². The Kier molecular flexibility index (Phi) is 5.94. The first-order valence-electron chi connectivity index (χ1n) is 5.65. The van der Waals surface area contributed by atoms with Crippen molar-refractivity contribution < 1.29 is 9.00 Å². The van der Waals surface area contributed by atoms with Crippen LogP contribution in [0, 0.1) is 0 Å². The van der Waals surface area contributed by atoms with E-state index in [1.807, 2.05) is 7.05 Å². The fourth-order valence-electron chi connectivity index (χ4n) is 1.60. The summed E-state index contributed by atoms with van der Waals surface area (Å²) in [6, 6.07) is 0. The van der Waals surface area contributed by atoms with E-state index in [4.69, 9.17) is 5.73 Å². The number of piperazine rings is 1. The predicted octanol–water partition coefficient (Wildman–Crippen LogP) is -1.14. The van der Waals surface area contributed by atoms with E-state index >= 15 is 0 Å². The maximum absolute atomic E-state index is 11.8. The molecule has 1 aliphatic heterocycles. The molecule has 0 aromatic carbocycles. The van der Waals surface area contributed by atoms with E-state index in [1.165, 1.54) is 0 Å². The van der Waals surface area contributed by atoms with Gasteiger partial charge in [-0.3, -0.25) is 9.00 Å². The third-order valence-corrected chi connectivity index (χ3v) is 4.03. The molecule has 0 saturated carbocycles. The monoisotopic (exact) mass is 247 g/mol. The van der Waals surface area contributed by atoms with Crippen molar-refractivity contribution in [2.45, 2.75) is 6.42 Å². The molecule has 6 heteroatoms. The summed E-state index contributed by atoms with van der Waals surface area (Å²) in [6.07, 6.45) is 0.725. The molecule has 0 aromatic rings. The highest BCUT2D eigenvalue weighted by atomic mass is 32.2. The van der Waals surface area contributed by atoms with Gasteiger partial charge in [-0.05, 0) is 20.0 Å². The Balaban J connectivity index is 2.26. The highest BCUT2D eigenvalue weighted by Gasteiger charge is 2.20. The van der Waals surface area contributed by atoms with E-state index in [0.29, 0.717) is 12.3 Å². The largest absolute Gasteiger partial charge is 0.339 e. The zero-order valence-corrected chi connectivity index (χ0v) is 10.7. The van der Waals surface area contributed by atoms with Gasteiger partial charge in [0.1, 0.15) is 5.75 Å². The Hall–Kier alpha value is -0.460. The lowest BCUT2D eigenvalue weighted by Gasteiger charge is -2.32. The number of likely N-dealkylation sites (N-methyl/N-ethyl adjacent to an activating group) is 1. The second-order valence-electron chi connectivity index (χ2n) is 4.11. The maximum atomic E-state index is 11.8. The second-order valence-corrected chi connectivity index (χ2v) is 5.69. The van der Waals surface area contributed by atoms with Gasteiger partial charge in [0.05, 0.1) is 0 Å². The van der Waals surface area contributed by atoms with Gasteiger partial charge < -0.3 is 15.5 Å². The lowest BCUT2D eigenvalue weighted by Crippen LogP contribution is -2.48. The first kappa shape index (κ1) is 13.6. The van der Waals surface area contributed by atoms with Crippen LogP contribution in [-0.4, -0.2) is 71.2 Å². The zero-order valence-electron chi connectivity index (χ0n) is 9.85. The number of rotatable bonds is 5. The molecule has 1 aliphatic rings. The number of carbonyl (C=O) groups excluding carboxylic acids is 1. The number of nitrogens with zero attached hydrogens (tertiary/aromatic N) is 2.